The molecule has 2 unspecified atom stereocenters. The second-order valence-corrected chi connectivity index (χ2v) is 10.7. The molecule has 2 saturated heterocycles. The third-order valence-corrected chi connectivity index (χ3v) is 6.86. The zero-order valence-electron chi connectivity index (χ0n) is 20.9. The van der Waals surface area contributed by atoms with E-state index in [1.54, 1.807) is 30.3 Å². The highest BCUT2D eigenvalue weighted by Crippen LogP contribution is 2.36. The highest BCUT2D eigenvalue weighted by Gasteiger charge is 2.39. The van der Waals surface area contributed by atoms with Gasteiger partial charge in [-0.15, -0.1) is 0 Å². The van der Waals surface area contributed by atoms with Gasteiger partial charge in [0, 0.05) is 25.4 Å². The minimum Gasteiger partial charge on any atom is -0.493 e. The first-order valence-electron chi connectivity index (χ1n) is 11.6. The Kier molecular flexibility index (Phi) is 7.58. The van der Waals surface area contributed by atoms with Crippen LogP contribution in [0.25, 0.3) is 6.08 Å². The third kappa shape index (κ3) is 6.31. The molecule has 2 fully saturated rings. The molecule has 1 aromatic carbocycles. The molecular weight excluding hydrogens is 500 g/mol. The van der Waals surface area contributed by atoms with E-state index in [1.807, 2.05) is 20.8 Å². The normalized spacial score (nSPS) is 21.1. The topological polar surface area (TPSA) is 140 Å². The van der Waals surface area contributed by atoms with Crippen LogP contribution in [0.15, 0.2) is 35.5 Å². The first-order valence-corrected chi connectivity index (χ1v) is 12.4. The number of ether oxygens (including phenoxy) is 3. The Bertz CT molecular complexity index is 1240. The maximum atomic E-state index is 11.8. The lowest BCUT2D eigenvalue weighted by atomic mass is 9.80. The molecule has 3 heterocycles. The van der Waals surface area contributed by atoms with Gasteiger partial charge in [-0.2, -0.15) is 0 Å². The Morgan fingerprint density at radius 2 is 1.95 bits per heavy atom. The van der Waals surface area contributed by atoms with E-state index in [4.69, 9.17) is 14.2 Å². The van der Waals surface area contributed by atoms with Crippen molar-refractivity contribution in [3.05, 3.63) is 41.1 Å². The van der Waals surface area contributed by atoms with Gasteiger partial charge in [0.25, 0.3) is 11.1 Å². The number of carboxylic acid groups (broad SMARTS) is 1. The van der Waals surface area contributed by atoms with Crippen LogP contribution < -0.4 is 19.5 Å². The summed E-state index contributed by atoms with van der Waals surface area (Å²) in [6, 6.07) is 6.45. The quantitative estimate of drug-likeness (QED) is 0.514. The van der Waals surface area contributed by atoms with Crippen LogP contribution in [-0.4, -0.2) is 63.0 Å². The molecular formula is C25H28N4O7S. The summed E-state index contributed by atoms with van der Waals surface area (Å²) in [6.07, 6.45) is 2.88. The van der Waals surface area contributed by atoms with Gasteiger partial charge < -0.3 is 24.2 Å². The van der Waals surface area contributed by atoms with Gasteiger partial charge in [-0.3, -0.25) is 14.9 Å². The standard InChI is InChI=1S/C25H28N4O7S/c1-25(2,3)19-11-15(7-8-29(19)24(32)33)35-20-12-21(27-13-26-20)36-16-6-5-14(9-17(16)34-4)10-18-22(30)28-23(31)37-18/h5-6,9-10,12-13,15,19H,7-8,11H2,1-4H3,(H,32,33)(H,28,30,31)/b18-10-. The second kappa shape index (κ2) is 10.7. The molecule has 4 rings (SSSR count). The molecule has 0 radical (unpaired) electrons. The number of likely N-dealkylation sites (tertiary alicyclic amines) is 1. The van der Waals surface area contributed by atoms with Crippen LogP contribution in [0.2, 0.25) is 0 Å². The number of aromatic nitrogens is 2. The average molecular weight is 529 g/mol. The van der Waals surface area contributed by atoms with Gasteiger partial charge in [0.2, 0.25) is 11.8 Å². The number of hydrogen-bond acceptors (Lipinski definition) is 9. The molecule has 37 heavy (non-hydrogen) atoms. The first-order chi connectivity index (χ1) is 17.5. The zero-order chi connectivity index (χ0) is 26.7. The van der Waals surface area contributed by atoms with Crippen molar-refractivity contribution in [1.29, 1.82) is 0 Å². The fraction of sp³-hybridized carbons (Fsp3) is 0.400. The van der Waals surface area contributed by atoms with Crippen molar-refractivity contribution in [2.45, 2.75) is 45.8 Å². The summed E-state index contributed by atoms with van der Waals surface area (Å²) in [6.45, 7) is 6.43. The van der Waals surface area contributed by atoms with Crippen LogP contribution in [0, 0.1) is 5.41 Å². The lowest BCUT2D eigenvalue weighted by Crippen LogP contribution is -2.53. The van der Waals surface area contributed by atoms with E-state index in [0.29, 0.717) is 47.2 Å². The Balaban J connectivity index is 1.46. The Hall–Kier alpha value is -3.80. The van der Waals surface area contributed by atoms with Crippen molar-refractivity contribution in [1.82, 2.24) is 20.2 Å². The van der Waals surface area contributed by atoms with Gasteiger partial charge in [0.05, 0.1) is 18.1 Å². The lowest BCUT2D eigenvalue weighted by Gasteiger charge is -2.44. The van der Waals surface area contributed by atoms with Crippen LogP contribution >= 0.6 is 11.8 Å². The monoisotopic (exact) mass is 528 g/mol. The molecule has 0 bridgehead atoms. The molecule has 0 saturated carbocycles. The molecule has 0 spiro atoms. The van der Waals surface area contributed by atoms with Gasteiger partial charge in [-0.05, 0) is 40.9 Å². The third-order valence-electron chi connectivity index (χ3n) is 6.05. The fourth-order valence-electron chi connectivity index (χ4n) is 4.25. The zero-order valence-corrected chi connectivity index (χ0v) is 21.7. The van der Waals surface area contributed by atoms with E-state index in [0.717, 1.165) is 11.8 Å². The summed E-state index contributed by atoms with van der Waals surface area (Å²) in [5.41, 5.74) is 0.416. The van der Waals surface area contributed by atoms with Gasteiger partial charge in [-0.1, -0.05) is 26.8 Å². The van der Waals surface area contributed by atoms with Crippen molar-refractivity contribution in [3.63, 3.8) is 0 Å². The summed E-state index contributed by atoms with van der Waals surface area (Å²) in [5, 5.41) is 11.4. The summed E-state index contributed by atoms with van der Waals surface area (Å²) >= 11 is 0.834. The number of thioether (sulfide) groups is 1. The molecule has 12 heteroatoms. The van der Waals surface area contributed by atoms with E-state index < -0.39 is 17.2 Å². The summed E-state index contributed by atoms with van der Waals surface area (Å²) < 4.78 is 17.5. The molecule has 1 aromatic heterocycles. The molecule has 2 aromatic rings. The van der Waals surface area contributed by atoms with Gasteiger partial charge >= 0.3 is 6.09 Å². The van der Waals surface area contributed by atoms with Crippen molar-refractivity contribution in [2.75, 3.05) is 13.7 Å². The largest absolute Gasteiger partial charge is 0.493 e. The number of imide groups is 1. The minimum atomic E-state index is -0.925. The number of benzene rings is 1. The van der Waals surface area contributed by atoms with Gasteiger partial charge in [-0.25, -0.2) is 14.8 Å². The number of hydrogen-bond donors (Lipinski definition) is 2. The lowest BCUT2D eigenvalue weighted by molar-refractivity contribution is -0.115. The van der Waals surface area contributed by atoms with E-state index in [9.17, 15) is 19.5 Å². The number of methoxy groups -OCH3 is 1. The number of piperidine rings is 1. The highest BCUT2D eigenvalue weighted by atomic mass is 32.2. The predicted octanol–water partition coefficient (Wildman–Crippen LogP) is 4.54. The smallest absolute Gasteiger partial charge is 0.407 e. The Morgan fingerprint density at radius 3 is 2.59 bits per heavy atom. The summed E-state index contributed by atoms with van der Waals surface area (Å²) in [4.78, 5) is 45.0. The average Bonchev–Trinajstić information content (AvgIpc) is 3.15. The Labute approximate surface area is 218 Å². The number of carbonyl (C=O) groups is 3. The molecule has 3 amide bonds. The first kappa shape index (κ1) is 26.3. The molecule has 11 nitrogen and oxygen atoms in total. The maximum Gasteiger partial charge on any atom is 0.407 e. The predicted molar refractivity (Wildman–Crippen MR) is 136 cm³/mol. The minimum absolute atomic E-state index is 0.189. The van der Waals surface area contributed by atoms with Crippen LogP contribution in [0.3, 0.4) is 0 Å². The fourth-order valence-corrected chi connectivity index (χ4v) is 4.93. The van der Waals surface area contributed by atoms with Gasteiger partial charge in [0.15, 0.2) is 11.5 Å². The summed E-state index contributed by atoms with van der Waals surface area (Å²) in [7, 11) is 1.49. The van der Waals surface area contributed by atoms with Crippen LogP contribution in [0.1, 0.15) is 39.2 Å². The molecule has 2 atom stereocenters. The number of carbonyl (C=O) groups excluding carboxylic acids is 2. The molecule has 2 aliphatic heterocycles. The van der Waals surface area contributed by atoms with Crippen molar-refractivity contribution in [2.24, 2.45) is 5.41 Å². The number of rotatable bonds is 6. The molecule has 196 valence electrons. The molecule has 0 aliphatic carbocycles. The van der Waals surface area contributed by atoms with E-state index in [1.165, 1.54) is 18.3 Å². The van der Waals surface area contributed by atoms with E-state index in [2.05, 4.69) is 15.3 Å². The van der Waals surface area contributed by atoms with Crippen LogP contribution in [-0.2, 0) is 4.79 Å². The molecule has 2 N–H and O–H groups in total. The van der Waals surface area contributed by atoms with Crippen LogP contribution in [0.5, 0.6) is 23.3 Å². The maximum absolute atomic E-state index is 11.8. The van der Waals surface area contributed by atoms with E-state index >= 15 is 0 Å². The van der Waals surface area contributed by atoms with E-state index in [-0.39, 0.29) is 23.4 Å². The number of nitrogens with one attached hydrogen (secondary N) is 1. The SMILES string of the molecule is COc1cc(/C=C2\SC(=O)NC2=O)ccc1Oc1cc(OC2CCN(C(=O)O)C(C(C)(C)C)C2)ncn1. The van der Waals surface area contributed by atoms with Gasteiger partial charge in [0.1, 0.15) is 12.4 Å². The molecule has 2 aliphatic rings. The van der Waals surface area contributed by atoms with Crippen molar-refractivity contribution >= 4 is 35.1 Å². The number of nitrogens with zero attached hydrogens (tertiary/aromatic N) is 3. The van der Waals surface area contributed by atoms with Crippen LogP contribution in [0.4, 0.5) is 9.59 Å². The number of amides is 3. The van der Waals surface area contributed by atoms with Crippen molar-refractivity contribution < 1.29 is 33.7 Å². The Morgan fingerprint density at radius 1 is 1.19 bits per heavy atom. The summed E-state index contributed by atoms with van der Waals surface area (Å²) in [5.74, 6) is 0.905. The second-order valence-electron chi connectivity index (χ2n) is 9.68. The van der Waals surface area contributed by atoms with Crippen molar-refractivity contribution in [3.8, 4) is 23.3 Å². The highest BCUT2D eigenvalue weighted by molar-refractivity contribution is 8.18.